The van der Waals surface area contributed by atoms with E-state index in [1.165, 1.54) is 0 Å². The van der Waals surface area contributed by atoms with Crippen molar-refractivity contribution in [2.24, 2.45) is 11.8 Å². The second kappa shape index (κ2) is 8.10. The van der Waals surface area contributed by atoms with Gasteiger partial charge < -0.3 is 10.6 Å². The van der Waals surface area contributed by atoms with Crippen LogP contribution in [-0.2, 0) is 0 Å². The molecule has 0 aromatic carbocycles. The molecule has 0 heterocycles. The topological polar surface area (TPSA) is 24.1 Å². The van der Waals surface area contributed by atoms with E-state index in [9.17, 15) is 13.2 Å². The van der Waals surface area contributed by atoms with Crippen molar-refractivity contribution in [2.45, 2.75) is 58.2 Å². The molecule has 1 aliphatic carbocycles. The van der Waals surface area contributed by atoms with Crippen LogP contribution in [0.25, 0.3) is 0 Å². The first-order chi connectivity index (χ1) is 8.95. The molecule has 1 rings (SSSR count). The number of halogens is 3. The molecule has 1 fully saturated rings. The number of hydrogen-bond donors (Lipinski definition) is 2. The lowest BCUT2D eigenvalue weighted by atomic mass is 9.78. The second-order valence-electron chi connectivity index (χ2n) is 5.71. The zero-order valence-electron chi connectivity index (χ0n) is 12.0. The molecule has 1 saturated carbocycles. The van der Waals surface area contributed by atoms with Crippen molar-refractivity contribution in [1.29, 1.82) is 0 Å². The van der Waals surface area contributed by atoms with Crippen LogP contribution in [0.5, 0.6) is 0 Å². The van der Waals surface area contributed by atoms with Crippen molar-refractivity contribution in [1.82, 2.24) is 10.6 Å². The fourth-order valence-corrected chi connectivity index (χ4v) is 2.80. The second-order valence-corrected chi connectivity index (χ2v) is 5.71. The van der Waals surface area contributed by atoms with Crippen molar-refractivity contribution in [3.05, 3.63) is 0 Å². The Bertz CT molecular complexity index is 243. The Labute approximate surface area is 114 Å². The van der Waals surface area contributed by atoms with Crippen LogP contribution in [0.2, 0.25) is 0 Å². The molecule has 114 valence electrons. The third-order valence-electron chi connectivity index (χ3n) is 3.94. The standard InChI is InChI=1S/C14H27F3N2/c1-3-8-18-9-11(2)19-10-12-6-4-5-7-13(12)14(15,16)17/h11-13,18-19H,3-10H2,1-2H3. The van der Waals surface area contributed by atoms with E-state index in [1.807, 2.05) is 6.92 Å². The fourth-order valence-electron chi connectivity index (χ4n) is 2.80. The van der Waals surface area contributed by atoms with Crippen LogP contribution in [0.1, 0.15) is 46.0 Å². The molecule has 3 unspecified atom stereocenters. The summed E-state index contributed by atoms with van der Waals surface area (Å²) in [6.45, 7) is 6.38. The summed E-state index contributed by atoms with van der Waals surface area (Å²) in [5.41, 5.74) is 0. The molecule has 0 spiro atoms. The van der Waals surface area contributed by atoms with Crippen LogP contribution in [0.4, 0.5) is 13.2 Å². The SMILES string of the molecule is CCCNCC(C)NCC1CCCCC1C(F)(F)F. The van der Waals surface area contributed by atoms with Crippen LogP contribution in [0.3, 0.4) is 0 Å². The molecule has 2 nitrogen and oxygen atoms in total. The summed E-state index contributed by atoms with van der Waals surface area (Å²) in [5.74, 6) is -1.35. The zero-order chi connectivity index (χ0) is 14.3. The average Bonchev–Trinajstić information content (AvgIpc) is 2.36. The highest BCUT2D eigenvalue weighted by Gasteiger charge is 2.45. The van der Waals surface area contributed by atoms with Crippen molar-refractivity contribution in [3.8, 4) is 0 Å². The van der Waals surface area contributed by atoms with Gasteiger partial charge in [-0.15, -0.1) is 0 Å². The Morgan fingerprint density at radius 1 is 1.21 bits per heavy atom. The molecule has 0 aliphatic heterocycles. The predicted molar refractivity (Wildman–Crippen MR) is 72.1 cm³/mol. The van der Waals surface area contributed by atoms with E-state index in [2.05, 4.69) is 17.6 Å². The number of alkyl halides is 3. The van der Waals surface area contributed by atoms with Gasteiger partial charge in [-0.3, -0.25) is 0 Å². The molecule has 0 aromatic heterocycles. The molecule has 19 heavy (non-hydrogen) atoms. The monoisotopic (exact) mass is 280 g/mol. The third-order valence-corrected chi connectivity index (χ3v) is 3.94. The highest BCUT2D eigenvalue weighted by Crippen LogP contribution is 2.41. The first kappa shape index (κ1) is 16.8. The van der Waals surface area contributed by atoms with E-state index >= 15 is 0 Å². The molecule has 3 atom stereocenters. The minimum Gasteiger partial charge on any atom is -0.315 e. The summed E-state index contributed by atoms with van der Waals surface area (Å²) in [5, 5.41) is 6.53. The first-order valence-electron chi connectivity index (χ1n) is 7.46. The minimum absolute atomic E-state index is 0.224. The lowest BCUT2D eigenvalue weighted by Gasteiger charge is -2.34. The van der Waals surface area contributed by atoms with Gasteiger partial charge in [0.15, 0.2) is 0 Å². The molecular formula is C14H27F3N2. The summed E-state index contributed by atoms with van der Waals surface area (Å²) in [6, 6.07) is 0.224. The van der Waals surface area contributed by atoms with E-state index in [0.29, 0.717) is 25.8 Å². The van der Waals surface area contributed by atoms with Crippen LogP contribution >= 0.6 is 0 Å². The number of rotatable bonds is 7. The molecular weight excluding hydrogens is 253 g/mol. The number of hydrogen-bond acceptors (Lipinski definition) is 2. The summed E-state index contributed by atoms with van der Waals surface area (Å²) < 4.78 is 38.8. The minimum atomic E-state index is -4.03. The zero-order valence-corrected chi connectivity index (χ0v) is 12.0. The molecule has 0 bridgehead atoms. The highest BCUT2D eigenvalue weighted by atomic mass is 19.4. The smallest absolute Gasteiger partial charge is 0.315 e. The molecule has 1 aliphatic rings. The molecule has 0 radical (unpaired) electrons. The molecule has 0 amide bonds. The van der Waals surface area contributed by atoms with Crippen molar-refractivity contribution in [3.63, 3.8) is 0 Å². The Morgan fingerprint density at radius 2 is 1.89 bits per heavy atom. The van der Waals surface area contributed by atoms with Crippen molar-refractivity contribution < 1.29 is 13.2 Å². The van der Waals surface area contributed by atoms with Gasteiger partial charge in [-0.2, -0.15) is 13.2 Å². The summed E-state index contributed by atoms with van der Waals surface area (Å²) >= 11 is 0. The lowest BCUT2D eigenvalue weighted by molar-refractivity contribution is -0.195. The quantitative estimate of drug-likeness (QED) is 0.699. The molecule has 2 N–H and O–H groups in total. The van der Waals surface area contributed by atoms with Gasteiger partial charge in [-0.05, 0) is 45.2 Å². The fraction of sp³-hybridized carbons (Fsp3) is 1.00. The summed E-state index contributed by atoms with van der Waals surface area (Å²) in [6.07, 6.45) is -0.303. The van der Waals surface area contributed by atoms with Crippen LogP contribution in [-0.4, -0.2) is 31.9 Å². The Balaban J connectivity index is 2.32. The van der Waals surface area contributed by atoms with Gasteiger partial charge in [0.05, 0.1) is 5.92 Å². The van der Waals surface area contributed by atoms with Crippen LogP contribution in [0, 0.1) is 11.8 Å². The van der Waals surface area contributed by atoms with Crippen molar-refractivity contribution in [2.75, 3.05) is 19.6 Å². The van der Waals surface area contributed by atoms with Crippen LogP contribution in [0.15, 0.2) is 0 Å². The van der Waals surface area contributed by atoms with Gasteiger partial charge in [-0.1, -0.05) is 19.8 Å². The van der Waals surface area contributed by atoms with Gasteiger partial charge in [0.2, 0.25) is 0 Å². The Morgan fingerprint density at radius 3 is 2.53 bits per heavy atom. The van der Waals surface area contributed by atoms with Gasteiger partial charge in [0.25, 0.3) is 0 Å². The van der Waals surface area contributed by atoms with E-state index in [1.54, 1.807) is 0 Å². The van der Waals surface area contributed by atoms with E-state index in [0.717, 1.165) is 25.9 Å². The van der Waals surface area contributed by atoms with Gasteiger partial charge in [0, 0.05) is 12.6 Å². The largest absolute Gasteiger partial charge is 0.392 e. The first-order valence-corrected chi connectivity index (χ1v) is 7.46. The predicted octanol–water partition coefficient (Wildman–Crippen LogP) is 3.33. The average molecular weight is 280 g/mol. The third kappa shape index (κ3) is 6.13. The molecule has 0 aromatic rings. The van der Waals surface area contributed by atoms with E-state index < -0.39 is 12.1 Å². The summed E-state index contributed by atoms with van der Waals surface area (Å²) in [4.78, 5) is 0. The maximum absolute atomic E-state index is 12.9. The van der Waals surface area contributed by atoms with Crippen molar-refractivity contribution >= 4 is 0 Å². The lowest BCUT2D eigenvalue weighted by Crippen LogP contribution is -2.43. The number of nitrogens with one attached hydrogen (secondary N) is 2. The highest BCUT2D eigenvalue weighted by molar-refractivity contribution is 4.82. The van der Waals surface area contributed by atoms with Crippen LogP contribution < -0.4 is 10.6 Å². The van der Waals surface area contributed by atoms with E-state index in [-0.39, 0.29) is 12.0 Å². The molecule has 0 saturated heterocycles. The Kier molecular flexibility index (Phi) is 7.15. The normalized spacial score (nSPS) is 26.4. The van der Waals surface area contributed by atoms with Gasteiger partial charge in [-0.25, -0.2) is 0 Å². The molecule has 5 heteroatoms. The summed E-state index contributed by atoms with van der Waals surface area (Å²) in [7, 11) is 0. The maximum Gasteiger partial charge on any atom is 0.392 e. The van der Waals surface area contributed by atoms with Gasteiger partial charge >= 0.3 is 6.18 Å². The van der Waals surface area contributed by atoms with Gasteiger partial charge in [0.1, 0.15) is 0 Å². The Hall–Kier alpha value is -0.290. The maximum atomic E-state index is 12.9. The van der Waals surface area contributed by atoms with E-state index in [4.69, 9.17) is 0 Å².